The molecule has 0 aliphatic carbocycles. The van der Waals surface area contributed by atoms with E-state index in [-0.39, 0.29) is 11.0 Å². The van der Waals surface area contributed by atoms with Crippen LogP contribution in [0.1, 0.15) is 5.56 Å². The van der Waals surface area contributed by atoms with E-state index < -0.39 is 22.4 Å². The summed E-state index contributed by atoms with van der Waals surface area (Å²) < 4.78 is 39.9. The van der Waals surface area contributed by atoms with Gasteiger partial charge in [-0.1, -0.05) is 18.2 Å². The van der Waals surface area contributed by atoms with Crippen LogP contribution < -0.4 is 0 Å². The Labute approximate surface area is 121 Å². The molecule has 1 aromatic heterocycles. The zero-order valence-electron chi connectivity index (χ0n) is 10.9. The number of alkyl halides is 3. The number of nitro benzene ring substituents is 1. The standard InChI is InChI=1S/C14H8F3N3O2/c15-14(16,17)9-6-11-13(12(7-9)20(21)22)19(8-18-11)10-4-2-1-3-5-10/h1-8H. The van der Waals surface area contributed by atoms with E-state index in [0.717, 1.165) is 6.07 Å². The number of aromatic nitrogens is 2. The summed E-state index contributed by atoms with van der Waals surface area (Å²) in [4.78, 5) is 14.2. The second-order valence-corrected chi connectivity index (χ2v) is 4.57. The Hall–Kier alpha value is -2.90. The number of imidazole rings is 1. The van der Waals surface area contributed by atoms with Crippen LogP contribution in [0.15, 0.2) is 48.8 Å². The first kappa shape index (κ1) is 14.1. The maximum Gasteiger partial charge on any atom is 0.416 e. The highest BCUT2D eigenvalue weighted by Crippen LogP contribution is 2.36. The average molecular weight is 307 g/mol. The summed E-state index contributed by atoms with van der Waals surface area (Å²) in [6, 6.07) is 9.91. The molecule has 0 spiro atoms. The SMILES string of the molecule is O=[N+]([O-])c1cc(C(F)(F)F)cc2ncn(-c3ccccc3)c12. The highest BCUT2D eigenvalue weighted by Gasteiger charge is 2.34. The number of hydrogen-bond acceptors (Lipinski definition) is 3. The van der Waals surface area contributed by atoms with Crippen LogP contribution in [0.5, 0.6) is 0 Å². The Morgan fingerprint density at radius 2 is 1.82 bits per heavy atom. The largest absolute Gasteiger partial charge is 0.416 e. The van der Waals surface area contributed by atoms with Gasteiger partial charge in [-0.2, -0.15) is 13.2 Å². The molecule has 3 rings (SSSR count). The Morgan fingerprint density at radius 3 is 2.41 bits per heavy atom. The van der Waals surface area contributed by atoms with Gasteiger partial charge in [0.2, 0.25) is 0 Å². The fourth-order valence-corrected chi connectivity index (χ4v) is 2.21. The van der Waals surface area contributed by atoms with E-state index in [9.17, 15) is 23.3 Å². The van der Waals surface area contributed by atoms with Gasteiger partial charge in [0.25, 0.3) is 5.69 Å². The van der Waals surface area contributed by atoms with Crippen molar-refractivity contribution >= 4 is 16.7 Å². The summed E-state index contributed by atoms with van der Waals surface area (Å²) in [6.45, 7) is 0. The molecule has 2 aromatic carbocycles. The van der Waals surface area contributed by atoms with Gasteiger partial charge in [-0.25, -0.2) is 4.98 Å². The normalized spacial score (nSPS) is 11.8. The molecule has 0 radical (unpaired) electrons. The first-order valence-electron chi connectivity index (χ1n) is 6.16. The van der Waals surface area contributed by atoms with E-state index in [0.29, 0.717) is 11.8 Å². The van der Waals surface area contributed by atoms with Gasteiger partial charge in [-0.05, 0) is 18.2 Å². The molecular weight excluding hydrogens is 299 g/mol. The number of para-hydroxylation sites is 1. The molecule has 8 heteroatoms. The Morgan fingerprint density at radius 1 is 1.14 bits per heavy atom. The van der Waals surface area contributed by atoms with E-state index in [2.05, 4.69) is 4.98 Å². The van der Waals surface area contributed by atoms with Crippen molar-refractivity contribution in [1.29, 1.82) is 0 Å². The lowest BCUT2D eigenvalue weighted by Gasteiger charge is -2.08. The number of halogens is 3. The van der Waals surface area contributed by atoms with Crippen LogP contribution in [0.3, 0.4) is 0 Å². The van der Waals surface area contributed by atoms with E-state index in [1.807, 2.05) is 0 Å². The lowest BCUT2D eigenvalue weighted by atomic mass is 10.1. The molecule has 5 nitrogen and oxygen atoms in total. The van der Waals surface area contributed by atoms with Crippen molar-refractivity contribution in [2.75, 3.05) is 0 Å². The highest BCUT2D eigenvalue weighted by molar-refractivity contribution is 5.87. The molecule has 0 aliphatic heterocycles. The van der Waals surface area contributed by atoms with Gasteiger partial charge in [-0.3, -0.25) is 14.7 Å². The summed E-state index contributed by atoms with van der Waals surface area (Å²) in [7, 11) is 0. The molecular formula is C14H8F3N3O2. The predicted octanol–water partition coefficient (Wildman–Crippen LogP) is 3.95. The molecule has 0 saturated heterocycles. The first-order valence-corrected chi connectivity index (χ1v) is 6.16. The molecule has 3 aromatic rings. The third kappa shape index (κ3) is 2.28. The number of fused-ring (bicyclic) bond motifs is 1. The molecule has 1 heterocycles. The fourth-order valence-electron chi connectivity index (χ4n) is 2.21. The first-order chi connectivity index (χ1) is 10.4. The van der Waals surface area contributed by atoms with Gasteiger partial charge in [0.1, 0.15) is 6.33 Å². The maximum atomic E-state index is 12.8. The predicted molar refractivity (Wildman–Crippen MR) is 72.7 cm³/mol. The van der Waals surface area contributed by atoms with E-state index in [4.69, 9.17) is 0 Å². The van der Waals surface area contributed by atoms with Crippen molar-refractivity contribution < 1.29 is 18.1 Å². The zero-order chi connectivity index (χ0) is 15.9. The number of nitro groups is 1. The second kappa shape index (κ2) is 4.83. The van der Waals surface area contributed by atoms with E-state index >= 15 is 0 Å². The molecule has 0 amide bonds. The van der Waals surface area contributed by atoms with Crippen LogP contribution in [0, 0.1) is 10.1 Å². The fraction of sp³-hybridized carbons (Fsp3) is 0.0714. The lowest BCUT2D eigenvalue weighted by Crippen LogP contribution is -2.06. The van der Waals surface area contributed by atoms with Crippen LogP contribution in [-0.2, 0) is 6.18 Å². The van der Waals surface area contributed by atoms with Gasteiger partial charge >= 0.3 is 6.18 Å². The van der Waals surface area contributed by atoms with Crippen LogP contribution in [-0.4, -0.2) is 14.5 Å². The van der Waals surface area contributed by atoms with Crippen molar-refractivity contribution in [3.8, 4) is 5.69 Å². The molecule has 112 valence electrons. The zero-order valence-corrected chi connectivity index (χ0v) is 10.9. The summed E-state index contributed by atoms with van der Waals surface area (Å²) >= 11 is 0. The van der Waals surface area contributed by atoms with Crippen LogP contribution in [0.2, 0.25) is 0 Å². The van der Waals surface area contributed by atoms with Crippen molar-refractivity contribution in [2.24, 2.45) is 0 Å². The quantitative estimate of drug-likeness (QED) is 0.532. The van der Waals surface area contributed by atoms with Gasteiger partial charge in [0.15, 0.2) is 5.52 Å². The monoisotopic (exact) mass is 307 g/mol. The van der Waals surface area contributed by atoms with Gasteiger partial charge < -0.3 is 0 Å². The third-order valence-electron chi connectivity index (χ3n) is 3.18. The van der Waals surface area contributed by atoms with Crippen molar-refractivity contribution in [3.05, 3.63) is 64.5 Å². The average Bonchev–Trinajstić information content (AvgIpc) is 2.90. The summed E-state index contributed by atoms with van der Waals surface area (Å²) in [5.74, 6) is 0. The van der Waals surface area contributed by atoms with Crippen molar-refractivity contribution in [1.82, 2.24) is 9.55 Å². The molecule has 0 saturated carbocycles. The topological polar surface area (TPSA) is 61.0 Å². The number of non-ortho nitro benzene ring substituents is 1. The second-order valence-electron chi connectivity index (χ2n) is 4.57. The Kier molecular flexibility index (Phi) is 3.09. The summed E-state index contributed by atoms with van der Waals surface area (Å²) in [6.07, 6.45) is -3.40. The molecule has 22 heavy (non-hydrogen) atoms. The minimum absolute atomic E-state index is 0.0317. The number of hydrogen-bond donors (Lipinski definition) is 0. The van der Waals surface area contributed by atoms with Gasteiger partial charge in [-0.15, -0.1) is 0 Å². The molecule has 0 bridgehead atoms. The van der Waals surface area contributed by atoms with Gasteiger partial charge in [0.05, 0.1) is 16.0 Å². The molecule has 0 atom stereocenters. The van der Waals surface area contributed by atoms with Crippen LogP contribution in [0.25, 0.3) is 16.7 Å². The Balaban J connectivity index is 2.33. The minimum Gasteiger partial charge on any atom is -0.293 e. The smallest absolute Gasteiger partial charge is 0.293 e. The molecule has 0 aliphatic rings. The number of nitrogens with zero attached hydrogens (tertiary/aromatic N) is 3. The van der Waals surface area contributed by atoms with Crippen molar-refractivity contribution in [2.45, 2.75) is 6.18 Å². The van der Waals surface area contributed by atoms with E-state index in [1.54, 1.807) is 30.3 Å². The van der Waals surface area contributed by atoms with Crippen LogP contribution >= 0.6 is 0 Å². The van der Waals surface area contributed by atoms with Gasteiger partial charge in [0, 0.05) is 11.8 Å². The number of benzene rings is 2. The summed E-state index contributed by atoms with van der Waals surface area (Å²) in [5, 5.41) is 11.2. The highest BCUT2D eigenvalue weighted by atomic mass is 19.4. The molecule has 0 N–H and O–H groups in total. The lowest BCUT2D eigenvalue weighted by molar-refractivity contribution is -0.383. The number of rotatable bonds is 2. The molecule has 0 unspecified atom stereocenters. The van der Waals surface area contributed by atoms with E-state index in [1.165, 1.54) is 10.9 Å². The minimum atomic E-state index is -4.67. The maximum absolute atomic E-state index is 12.8. The third-order valence-corrected chi connectivity index (χ3v) is 3.18. The van der Waals surface area contributed by atoms with Crippen molar-refractivity contribution in [3.63, 3.8) is 0 Å². The van der Waals surface area contributed by atoms with Crippen LogP contribution in [0.4, 0.5) is 18.9 Å². The molecule has 0 fully saturated rings. The summed E-state index contributed by atoms with van der Waals surface area (Å²) in [5.41, 5.74) is -1.20. The Bertz CT molecular complexity index is 857.